The first-order chi connectivity index (χ1) is 17.4. The van der Waals surface area contributed by atoms with E-state index in [0.717, 1.165) is 0 Å². The first-order valence-corrected chi connectivity index (χ1v) is 11.1. The largest absolute Gasteiger partial charge is 0.497 e. The van der Waals surface area contributed by atoms with Gasteiger partial charge in [-0.1, -0.05) is 17.3 Å². The van der Waals surface area contributed by atoms with Crippen LogP contribution in [-0.4, -0.2) is 34.7 Å². The van der Waals surface area contributed by atoms with Gasteiger partial charge in [0, 0.05) is 23.7 Å². The van der Waals surface area contributed by atoms with Crippen molar-refractivity contribution in [1.29, 1.82) is 0 Å². The van der Waals surface area contributed by atoms with Crippen LogP contribution in [0.2, 0.25) is 0 Å². The first kappa shape index (κ1) is 23.1. The molecule has 5 rings (SSSR count). The molecule has 0 radical (unpaired) electrons. The highest BCUT2D eigenvalue weighted by Crippen LogP contribution is 2.41. The number of ketones is 2. The zero-order valence-corrected chi connectivity index (χ0v) is 19.3. The molecule has 0 N–H and O–H groups in total. The van der Waals surface area contributed by atoms with Gasteiger partial charge in [0.25, 0.3) is 5.91 Å². The summed E-state index contributed by atoms with van der Waals surface area (Å²) in [5, 5.41) is 3.88. The van der Waals surface area contributed by atoms with E-state index in [2.05, 4.69) is 10.1 Å². The quantitative estimate of drug-likeness (QED) is 0.227. The minimum Gasteiger partial charge on any atom is -0.497 e. The van der Waals surface area contributed by atoms with Crippen LogP contribution in [-0.2, 0) is 9.59 Å². The van der Waals surface area contributed by atoms with Gasteiger partial charge in [0.05, 0.1) is 13.2 Å². The number of carbonyl (C=O) groups is 3. The number of nitrogens with zero attached hydrogens (tertiary/aromatic N) is 3. The van der Waals surface area contributed by atoms with Gasteiger partial charge in [0.2, 0.25) is 17.5 Å². The fraction of sp³-hybridized carbons (Fsp3) is 0.148. The minimum atomic E-state index is -1.31. The Morgan fingerprint density at radius 3 is 2.22 bits per heavy atom. The Morgan fingerprint density at radius 1 is 0.972 bits per heavy atom. The lowest BCUT2D eigenvalue weighted by Crippen LogP contribution is -2.30. The second kappa shape index (κ2) is 9.18. The van der Waals surface area contributed by atoms with E-state index in [9.17, 15) is 18.8 Å². The van der Waals surface area contributed by atoms with Crippen molar-refractivity contribution < 1.29 is 28.0 Å². The lowest BCUT2D eigenvalue weighted by Gasteiger charge is -2.27. The molecule has 0 spiro atoms. The molecule has 1 saturated heterocycles. The summed E-state index contributed by atoms with van der Waals surface area (Å²) < 4.78 is 23.9. The van der Waals surface area contributed by atoms with Crippen molar-refractivity contribution in [2.24, 2.45) is 5.92 Å². The van der Waals surface area contributed by atoms with Gasteiger partial charge in [0.15, 0.2) is 5.78 Å². The zero-order chi connectivity index (χ0) is 25.4. The summed E-state index contributed by atoms with van der Waals surface area (Å²) >= 11 is 0. The molecule has 180 valence electrons. The van der Waals surface area contributed by atoms with Crippen molar-refractivity contribution >= 4 is 23.2 Å². The predicted molar refractivity (Wildman–Crippen MR) is 127 cm³/mol. The molecule has 4 aromatic rings. The molecule has 3 aromatic carbocycles. The molecule has 1 aliphatic rings. The van der Waals surface area contributed by atoms with E-state index >= 15 is 0 Å². The number of hydrogen-bond acceptors (Lipinski definition) is 7. The normalized spacial score (nSPS) is 17.5. The number of aryl methyl sites for hydroxylation is 1. The molecule has 9 heteroatoms. The highest BCUT2D eigenvalue weighted by molar-refractivity contribution is 6.49. The van der Waals surface area contributed by atoms with Gasteiger partial charge in [0.1, 0.15) is 17.5 Å². The number of halogens is 1. The fourth-order valence-corrected chi connectivity index (χ4v) is 4.33. The highest BCUT2D eigenvalue weighted by Gasteiger charge is 2.52. The summed E-state index contributed by atoms with van der Waals surface area (Å²) in [6.45, 7) is 1.67. The van der Waals surface area contributed by atoms with Crippen molar-refractivity contribution in [1.82, 2.24) is 10.1 Å². The molecule has 0 saturated carbocycles. The molecule has 0 bridgehead atoms. The van der Waals surface area contributed by atoms with E-state index in [4.69, 9.17) is 9.26 Å². The summed E-state index contributed by atoms with van der Waals surface area (Å²) in [4.78, 5) is 45.5. The van der Waals surface area contributed by atoms with Gasteiger partial charge in [-0.05, 0) is 66.2 Å². The Labute approximate surface area is 205 Å². The van der Waals surface area contributed by atoms with E-state index in [-0.39, 0.29) is 5.56 Å². The van der Waals surface area contributed by atoms with Crippen molar-refractivity contribution in [2.45, 2.75) is 13.0 Å². The Kier molecular flexibility index (Phi) is 5.89. The number of rotatable bonds is 6. The Hall–Kier alpha value is -4.66. The van der Waals surface area contributed by atoms with Gasteiger partial charge < -0.3 is 9.26 Å². The minimum absolute atomic E-state index is 0.263. The average Bonchev–Trinajstić information content (AvgIpc) is 3.45. The molecule has 2 atom stereocenters. The van der Waals surface area contributed by atoms with Crippen LogP contribution in [0.15, 0.2) is 77.3 Å². The third-order valence-electron chi connectivity index (χ3n) is 6.11. The standard InChI is InChI=1S/C27H20FN3O5/c1-15-29-26(30-36-15)18-5-11-20(12-6-18)31-23(16-3-9-19(28)10-4-16)22(25(33)27(31)34)24(32)17-7-13-21(35-2)14-8-17/h3-14,22-23H,1-2H3. The number of methoxy groups -OCH3 is 1. The number of aromatic nitrogens is 2. The average molecular weight is 485 g/mol. The number of anilines is 1. The summed E-state index contributed by atoms with van der Waals surface area (Å²) in [7, 11) is 1.50. The summed E-state index contributed by atoms with van der Waals surface area (Å²) in [5.41, 5.74) is 1.77. The smallest absolute Gasteiger partial charge is 0.295 e. The van der Waals surface area contributed by atoms with Crippen LogP contribution in [0.5, 0.6) is 5.75 Å². The molecule has 1 fully saturated rings. The molecular weight excluding hydrogens is 465 g/mol. The third kappa shape index (κ3) is 4.04. The molecule has 1 amide bonds. The summed E-state index contributed by atoms with van der Waals surface area (Å²) in [5.74, 6) is -2.60. The van der Waals surface area contributed by atoms with Crippen LogP contribution < -0.4 is 9.64 Å². The van der Waals surface area contributed by atoms with E-state index < -0.39 is 35.3 Å². The molecule has 8 nitrogen and oxygen atoms in total. The molecule has 2 heterocycles. The number of Topliss-reactive ketones (excluding diaryl/α,β-unsaturated/α-hetero) is 2. The topological polar surface area (TPSA) is 103 Å². The highest BCUT2D eigenvalue weighted by atomic mass is 19.1. The first-order valence-electron chi connectivity index (χ1n) is 11.1. The van der Waals surface area contributed by atoms with Crippen molar-refractivity contribution in [3.05, 3.63) is 95.6 Å². The van der Waals surface area contributed by atoms with Crippen LogP contribution in [0.1, 0.15) is 27.9 Å². The van der Waals surface area contributed by atoms with Crippen molar-refractivity contribution in [3.8, 4) is 17.1 Å². The van der Waals surface area contributed by atoms with Gasteiger partial charge >= 0.3 is 0 Å². The maximum atomic E-state index is 13.7. The SMILES string of the molecule is COc1ccc(C(=O)C2C(=O)C(=O)N(c3ccc(-c4noc(C)n4)cc3)C2c2ccc(F)cc2)cc1. The monoisotopic (exact) mass is 485 g/mol. The van der Waals surface area contributed by atoms with E-state index in [0.29, 0.717) is 34.3 Å². The lowest BCUT2D eigenvalue weighted by molar-refractivity contribution is -0.135. The maximum absolute atomic E-state index is 13.7. The molecule has 36 heavy (non-hydrogen) atoms. The summed E-state index contributed by atoms with van der Waals surface area (Å²) in [6, 6.07) is 17.4. The number of carbonyl (C=O) groups excluding carboxylic acids is 3. The van der Waals surface area contributed by atoms with Crippen LogP contribution in [0, 0.1) is 18.7 Å². The van der Waals surface area contributed by atoms with Gasteiger partial charge in [-0.15, -0.1) is 0 Å². The molecular formula is C27H20FN3O5. The number of hydrogen-bond donors (Lipinski definition) is 0. The zero-order valence-electron chi connectivity index (χ0n) is 19.3. The maximum Gasteiger partial charge on any atom is 0.295 e. The molecule has 1 aliphatic heterocycles. The fourth-order valence-electron chi connectivity index (χ4n) is 4.33. The van der Waals surface area contributed by atoms with E-state index in [1.54, 1.807) is 55.5 Å². The number of benzene rings is 3. The van der Waals surface area contributed by atoms with Crippen molar-refractivity contribution in [2.75, 3.05) is 12.0 Å². The summed E-state index contributed by atoms with van der Waals surface area (Å²) in [6.07, 6.45) is 0. The second-order valence-electron chi connectivity index (χ2n) is 8.29. The Bertz CT molecular complexity index is 1450. The van der Waals surface area contributed by atoms with Crippen LogP contribution >= 0.6 is 0 Å². The van der Waals surface area contributed by atoms with Gasteiger partial charge in [-0.25, -0.2) is 4.39 Å². The van der Waals surface area contributed by atoms with E-state index in [1.165, 1.54) is 36.3 Å². The number of ether oxygens (including phenoxy) is 1. The van der Waals surface area contributed by atoms with Crippen molar-refractivity contribution in [3.63, 3.8) is 0 Å². The van der Waals surface area contributed by atoms with Crippen LogP contribution in [0.3, 0.4) is 0 Å². The Balaban J connectivity index is 1.57. The molecule has 0 aliphatic carbocycles. The predicted octanol–water partition coefficient (Wildman–Crippen LogP) is 4.35. The Morgan fingerprint density at radius 2 is 1.64 bits per heavy atom. The second-order valence-corrected chi connectivity index (χ2v) is 8.29. The van der Waals surface area contributed by atoms with Gasteiger partial charge in [-0.3, -0.25) is 19.3 Å². The van der Waals surface area contributed by atoms with Crippen LogP contribution in [0.25, 0.3) is 11.4 Å². The molecule has 1 aromatic heterocycles. The lowest BCUT2D eigenvalue weighted by atomic mass is 9.86. The third-order valence-corrected chi connectivity index (χ3v) is 6.11. The van der Waals surface area contributed by atoms with E-state index in [1.807, 2.05) is 0 Å². The van der Waals surface area contributed by atoms with Gasteiger partial charge in [-0.2, -0.15) is 4.98 Å². The molecule has 2 unspecified atom stereocenters. The number of amides is 1. The van der Waals surface area contributed by atoms with Crippen LogP contribution in [0.4, 0.5) is 10.1 Å².